The molecule has 1 aliphatic rings. The number of hydrogen-bond acceptors (Lipinski definition) is 4. The second-order valence-corrected chi connectivity index (χ2v) is 9.60. The fourth-order valence-corrected chi connectivity index (χ4v) is 5.49. The Balaban J connectivity index is 1.88. The van der Waals surface area contributed by atoms with Crippen molar-refractivity contribution in [1.82, 2.24) is 9.96 Å². The Morgan fingerprint density at radius 1 is 1.33 bits per heavy atom. The maximum atomic E-state index is 12.9. The van der Waals surface area contributed by atoms with Crippen LogP contribution in [0.3, 0.4) is 0 Å². The summed E-state index contributed by atoms with van der Waals surface area (Å²) in [6.07, 6.45) is 0.325. The monoisotopic (exact) mass is 403 g/mol. The Hall–Kier alpha value is -1.83. The van der Waals surface area contributed by atoms with E-state index in [1.807, 2.05) is 61.2 Å². The van der Waals surface area contributed by atoms with Gasteiger partial charge in [-0.3, -0.25) is 5.21 Å². The first-order valence-electron chi connectivity index (χ1n) is 9.04. The van der Waals surface area contributed by atoms with Gasteiger partial charge >= 0.3 is 6.03 Å². The number of fused-ring (bicyclic) bond motifs is 1. The highest BCUT2D eigenvalue weighted by atomic mass is 32.2. The number of carbonyl (C=O) groups is 1. The van der Waals surface area contributed by atoms with Crippen LogP contribution in [0.4, 0.5) is 10.5 Å². The first kappa shape index (κ1) is 19.9. The predicted octanol–water partition coefficient (Wildman–Crippen LogP) is 5.30. The van der Waals surface area contributed by atoms with E-state index in [0.29, 0.717) is 10.0 Å². The van der Waals surface area contributed by atoms with E-state index in [2.05, 4.69) is 19.2 Å². The summed E-state index contributed by atoms with van der Waals surface area (Å²) in [4.78, 5) is 14.8. The van der Waals surface area contributed by atoms with Gasteiger partial charge in [-0.15, -0.1) is 0 Å². The minimum Gasteiger partial charge on any atom is -0.331 e. The Morgan fingerprint density at radius 3 is 2.70 bits per heavy atom. The van der Waals surface area contributed by atoms with Crippen LogP contribution in [0.1, 0.15) is 34.1 Å². The van der Waals surface area contributed by atoms with Crippen molar-refractivity contribution in [2.45, 2.75) is 51.1 Å². The summed E-state index contributed by atoms with van der Waals surface area (Å²) < 4.78 is 0.280. The van der Waals surface area contributed by atoms with Gasteiger partial charge in [0.25, 0.3) is 0 Å². The lowest BCUT2D eigenvalue weighted by molar-refractivity contribution is -0.120. The van der Waals surface area contributed by atoms with Gasteiger partial charge in [-0.2, -0.15) is 5.06 Å². The number of nitrogens with one attached hydrogen (secondary N) is 1. The first-order chi connectivity index (χ1) is 12.8. The van der Waals surface area contributed by atoms with Gasteiger partial charge in [0.2, 0.25) is 0 Å². The number of carbonyl (C=O) groups excluding carboxylic acids is 1. The van der Waals surface area contributed by atoms with E-state index < -0.39 is 16.9 Å². The molecule has 1 fully saturated rings. The maximum absolute atomic E-state index is 12.9. The van der Waals surface area contributed by atoms with Crippen LogP contribution in [0.15, 0.2) is 42.5 Å². The molecule has 0 radical (unpaired) electrons. The van der Waals surface area contributed by atoms with Gasteiger partial charge < -0.3 is 10.2 Å². The van der Waals surface area contributed by atoms with Gasteiger partial charge in [0.15, 0.2) is 0 Å². The van der Waals surface area contributed by atoms with Crippen LogP contribution in [0, 0.1) is 0 Å². The number of hydroxylamine groups is 2. The molecular weight excluding hydrogens is 378 g/mol. The molecule has 27 heavy (non-hydrogen) atoms. The number of benzene rings is 2. The van der Waals surface area contributed by atoms with Crippen LogP contribution in [-0.4, -0.2) is 42.5 Å². The van der Waals surface area contributed by atoms with Crippen LogP contribution in [0.25, 0.3) is 10.8 Å². The summed E-state index contributed by atoms with van der Waals surface area (Å²) in [7, 11) is 0. The van der Waals surface area contributed by atoms with Gasteiger partial charge in [0, 0.05) is 11.4 Å². The van der Waals surface area contributed by atoms with Crippen molar-refractivity contribution in [3.05, 3.63) is 42.5 Å². The molecule has 1 saturated heterocycles. The minimum atomic E-state index is -0.567. The van der Waals surface area contributed by atoms with Gasteiger partial charge in [-0.25, -0.2) is 4.79 Å². The lowest BCUT2D eigenvalue weighted by atomic mass is 10.1. The SMILES string of the molecule is CC[C@@H](C)N1C(=S)SC(C)(C)[C@H]1N(O)C(=O)Nc1cccc2ccccc12. The van der Waals surface area contributed by atoms with Gasteiger partial charge in [0.05, 0.1) is 10.4 Å². The molecule has 3 rings (SSSR count). The molecule has 144 valence electrons. The molecule has 2 N–H and O–H groups in total. The van der Waals surface area contributed by atoms with Crippen LogP contribution in [0.5, 0.6) is 0 Å². The van der Waals surface area contributed by atoms with Gasteiger partial charge in [-0.1, -0.05) is 67.3 Å². The summed E-state index contributed by atoms with van der Waals surface area (Å²) in [6.45, 7) is 8.10. The molecule has 0 bridgehead atoms. The smallest absolute Gasteiger partial charge is 0.331 e. The highest BCUT2D eigenvalue weighted by molar-refractivity contribution is 8.24. The van der Waals surface area contributed by atoms with E-state index in [1.165, 1.54) is 11.8 Å². The van der Waals surface area contributed by atoms with Crippen molar-refractivity contribution in [2.24, 2.45) is 0 Å². The van der Waals surface area contributed by atoms with Crippen LogP contribution in [0.2, 0.25) is 0 Å². The summed E-state index contributed by atoms with van der Waals surface area (Å²) in [6, 6.07) is 13.1. The summed E-state index contributed by atoms with van der Waals surface area (Å²) in [5, 5.41) is 16.4. The number of thioether (sulfide) groups is 1. The molecule has 2 amide bonds. The third kappa shape index (κ3) is 3.77. The number of urea groups is 1. The quantitative estimate of drug-likeness (QED) is 0.412. The van der Waals surface area contributed by atoms with Gasteiger partial charge in [-0.05, 0) is 38.6 Å². The van der Waals surface area contributed by atoms with E-state index in [0.717, 1.165) is 22.3 Å². The van der Waals surface area contributed by atoms with Crippen LogP contribution < -0.4 is 5.32 Å². The van der Waals surface area contributed by atoms with Crippen molar-refractivity contribution in [3.8, 4) is 0 Å². The number of thiocarbonyl (C=S) groups is 1. The molecule has 0 aromatic heterocycles. The molecule has 2 aromatic carbocycles. The lowest BCUT2D eigenvalue weighted by Gasteiger charge is -2.39. The molecule has 7 heteroatoms. The second kappa shape index (κ2) is 7.66. The molecule has 0 aliphatic carbocycles. The van der Waals surface area contributed by atoms with Crippen molar-refractivity contribution in [2.75, 3.05) is 5.32 Å². The number of rotatable bonds is 4. The number of nitrogens with zero attached hydrogens (tertiary/aromatic N) is 2. The van der Waals surface area contributed by atoms with Crippen molar-refractivity contribution < 1.29 is 10.0 Å². The van der Waals surface area contributed by atoms with Crippen molar-refractivity contribution in [1.29, 1.82) is 0 Å². The summed E-state index contributed by atoms with van der Waals surface area (Å²) >= 11 is 7.04. The molecular formula is C20H25N3O2S2. The zero-order valence-electron chi connectivity index (χ0n) is 16.0. The number of hydrogen-bond donors (Lipinski definition) is 2. The van der Waals surface area contributed by atoms with E-state index in [4.69, 9.17) is 12.2 Å². The Bertz CT molecular complexity index is 866. The zero-order chi connectivity index (χ0) is 19.8. The average molecular weight is 404 g/mol. The fourth-order valence-electron chi connectivity index (χ4n) is 3.41. The van der Waals surface area contributed by atoms with Crippen molar-refractivity contribution >= 4 is 50.8 Å². The predicted molar refractivity (Wildman–Crippen MR) is 116 cm³/mol. The Morgan fingerprint density at radius 2 is 2.00 bits per heavy atom. The highest BCUT2D eigenvalue weighted by Gasteiger charge is 2.50. The molecule has 1 heterocycles. The normalized spacial score (nSPS) is 20.0. The maximum Gasteiger partial charge on any atom is 0.347 e. The third-order valence-electron chi connectivity index (χ3n) is 4.98. The molecule has 0 saturated carbocycles. The Labute approximate surface area is 169 Å². The largest absolute Gasteiger partial charge is 0.347 e. The van der Waals surface area contributed by atoms with E-state index >= 15 is 0 Å². The minimum absolute atomic E-state index is 0.122. The molecule has 2 atom stereocenters. The highest BCUT2D eigenvalue weighted by Crippen LogP contribution is 2.44. The molecule has 1 aliphatic heterocycles. The summed E-state index contributed by atoms with van der Waals surface area (Å²) in [5.74, 6) is 0. The van der Waals surface area contributed by atoms with Gasteiger partial charge in [0.1, 0.15) is 10.5 Å². The van der Waals surface area contributed by atoms with E-state index in [1.54, 1.807) is 0 Å². The second-order valence-electron chi connectivity index (χ2n) is 7.31. The number of anilines is 1. The average Bonchev–Trinajstić information content (AvgIpc) is 2.89. The van der Waals surface area contributed by atoms with E-state index in [-0.39, 0.29) is 6.04 Å². The molecule has 2 aromatic rings. The van der Waals surface area contributed by atoms with Crippen LogP contribution >= 0.6 is 24.0 Å². The standard InChI is InChI=1S/C20H25N3O2S2/c1-5-13(2)22-17(20(3,4)27-19(22)26)23(25)18(24)21-16-12-8-10-14-9-6-7-11-15(14)16/h6-13,17,25H,5H2,1-4H3,(H,21,24)/t13-,17-/m1/s1. The molecule has 0 unspecified atom stereocenters. The summed E-state index contributed by atoms with van der Waals surface area (Å²) in [5.41, 5.74) is 0.665. The molecule has 0 spiro atoms. The Kier molecular flexibility index (Phi) is 5.65. The van der Waals surface area contributed by atoms with Crippen LogP contribution in [-0.2, 0) is 0 Å². The fraction of sp³-hybridized carbons (Fsp3) is 0.400. The van der Waals surface area contributed by atoms with Crippen molar-refractivity contribution in [3.63, 3.8) is 0 Å². The topological polar surface area (TPSA) is 55.8 Å². The first-order valence-corrected chi connectivity index (χ1v) is 10.3. The number of amides is 2. The van der Waals surface area contributed by atoms with E-state index in [9.17, 15) is 10.0 Å². The molecule has 5 nitrogen and oxygen atoms in total. The lowest BCUT2D eigenvalue weighted by Crippen LogP contribution is -2.57. The third-order valence-corrected chi connectivity index (χ3v) is 6.57. The zero-order valence-corrected chi connectivity index (χ0v) is 17.6.